The molecule has 0 aliphatic carbocycles. The molecule has 0 atom stereocenters. The molecule has 4 N–H and O–H groups in total. The normalized spacial score (nSPS) is 13.6. The minimum absolute atomic E-state index is 0.0193. The predicted octanol–water partition coefficient (Wildman–Crippen LogP) is 0.823. The molecule has 0 aromatic heterocycles. The second-order valence-electron chi connectivity index (χ2n) is 4.36. The summed E-state index contributed by atoms with van der Waals surface area (Å²) in [5.41, 5.74) is 10.3. The number of carbonyl (C=O) groups is 1. The third kappa shape index (κ3) is 2.59. The van der Waals surface area contributed by atoms with Gasteiger partial charge in [0.25, 0.3) is 0 Å². The summed E-state index contributed by atoms with van der Waals surface area (Å²) >= 11 is 0. The zero-order valence-electron chi connectivity index (χ0n) is 11.0. The molecular weight excluding hydrogens is 256 g/mol. The SMILES string of the molecule is CC(=O)N1CCc2cc(N/N=C(\C#N)C(=N)N)ccc21. The van der Waals surface area contributed by atoms with E-state index < -0.39 is 0 Å². The van der Waals surface area contributed by atoms with Crippen LogP contribution in [-0.4, -0.2) is 24.0 Å². The van der Waals surface area contributed by atoms with E-state index in [1.54, 1.807) is 17.0 Å². The quantitative estimate of drug-likeness (QED) is 0.428. The minimum Gasteiger partial charge on any atom is -0.382 e. The first kappa shape index (κ1) is 13.5. The molecule has 1 heterocycles. The number of nitriles is 1. The Bertz CT molecular complexity index is 643. The smallest absolute Gasteiger partial charge is 0.223 e. The zero-order chi connectivity index (χ0) is 14.7. The van der Waals surface area contributed by atoms with Gasteiger partial charge in [0.15, 0.2) is 5.84 Å². The largest absolute Gasteiger partial charge is 0.382 e. The molecule has 0 saturated heterocycles. The van der Waals surface area contributed by atoms with Gasteiger partial charge in [-0.25, -0.2) is 0 Å². The van der Waals surface area contributed by atoms with Gasteiger partial charge in [0.2, 0.25) is 11.6 Å². The van der Waals surface area contributed by atoms with E-state index in [4.69, 9.17) is 16.4 Å². The Hall–Kier alpha value is -2.88. The Morgan fingerprint density at radius 2 is 2.35 bits per heavy atom. The second kappa shape index (κ2) is 5.40. The third-order valence-electron chi connectivity index (χ3n) is 3.01. The van der Waals surface area contributed by atoms with Crippen LogP contribution in [0.15, 0.2) is 23.3 Å². The number of amidine groups is 1. The van der Waals surface area contributed by atoms with Crippen molar-refractivity contribution in [3.05, 3.63) is 23.8 Å². The van der Waals surface area contributed by atoms with Gasteiger partial charge in [0.05, 0.1) is 5.69 Å². The number of hydrazone groups is 1. The molecule has 0 spiro atoms. The van der Waals surface area contributed by atoms with Gasteiger partial charge < -0.3 is 10.6 Å². The maximum atomic E-state index is 11.4. The Morgan fingerprint density at radius 3 is 2.95 bits per heavy atom. The lowest BCUT2D eigenvalue weighted by Crippen LogP contribution is -2.25. The van der Waals surface area contributed by atoms with Gasteiger partial charge >= 0.3 is 0 Å². The van der Waals surface area contributed by atoms with Crippen molar-refractivity contribution in [1.82, 2.24) is 0 Å². The van der Waals surface area contributed by atoms with E-state index in [-0.39, 0.29) is 17.5 Å². The summed E-state index contributed by atoms with van der Waals surface area (Å²) in [4.78, 5) is 13.2. The number of nitrogens with two attached hydrogens (primary N) is 1. The van der Waals surface area contributed by atoms with Crippen molar-refractivity contribution < 1.29 is 4.79 Å². The molecule has 0 saturated carbocycles. The van der Waals surface area contributed by atoms with Crippen LogP contribution in [-0.2, 0) is 11.2 Å². The zero-order valence-corrected chi connectivity index (χ0v) is 11.0. The van der Waals surface area contributed by atoms with Crippen LogP contribution in [0.4, 0.5) is 11.4 Å². The number of nitrogens with one attached hydrogen (secondary N) is 2. The number of fused-ring (bicyclic) bond motifs is 1. The third-order valence-corrected chi connectivity index (χ3v) is 3.01. The van der Waals surface area contributed by atoms with Gasteiger partial charge in [-0.1, -0.05) is 0 Å². The predicted molar refractivity (Wildman–Crippen MR) is 76.8 cm³/mol. The Labute approximate surface area is 116 Å². The number of rotatable bonds is 3. The van der Waals surface area contributed by atoms with Gasteiger partial charge in [-0.2, -0.15) is 10.4 Å². The summed E-state index contributed by atoms with van der Waals surface area (Å²) in [5, 5.41) is 19.7. The molecule has 1 amide bonds. The molecule has 2 rings (SSSR count). The van der Waals surface area contributed by atoms with Crippen molar-refractivity contribution >= 4 is 28.8 Å². The molecule has 7 heteroatoms. The average Bonchev–Trinajstić information content (AvgIpc) is 2.82. The highest BCUT2D eigenvalue weighted by Gasteiger charge is 2.21. The fraction of sp³-hybridized carbons (Fsp3) is 0.231. The number of benzene rings is 1. The van der Waals surface area contributed by atoms with Crippen molar-refractivity contribution in [2.45, 2.75) is 13.3 Å². The summed E-state index contributed by atoms with van der Waals surface area (Å²) in [7, 11) is 0. The van der Waals surface area contributed by atoms with Gasteiger partial charge in [-0.3, -0.25) is 15.6 Å². The van der Waals surface area contributed by atoms with Crippen molar-refractivity contribution in [2.24, 2.45) is 10.8 Å². The maximum Gasteiger partial charge on any atom is 0.223 e. The molecule has 0 bridgehead atoms. The number of nitrogens with zero attached hydrogens (tertiary/aromatic N) is 3. The first-order chi connectivity index (χ1) is 9.52. The number of hydrogen-bond acceptors (Lipinski definition) is 5. The Balaban J connectivity index is 2.20. The van der Waals surface area contributed by atoms with E-state index in [0.717, 1.165) is 17.7 Å². The number of carbonyl (C=O) groups excluding carboxylic acids is 1. The van der Waals surface area contributed by atoms with Gasteiger partial charge in [-0.15, -0.1) is 0 Å². The molecule has 102 valence electrons. The summed E-state index contributed by atoms with van der Waals surface area (Å²) in [6, 6.07) is 7.20. The topological polar surface area (TPSA) is 118 Å². The van der Waals surface area contributed by atoms with Crippen LogP contribution < -0.4 is 16.1 Å². The molecule has 0 unspecified atom stereocenters. The molecule has 1 aromatic rings. The van der Waals surface area contributed by atoms with Gasteiger partial charge in [-0.05, 0) is 30.2 Å². The number of amides is 1. The fourth-order valence-corrected chi connectivity index (χ4v) is 2.06. The molecular formula is C13H14N6O. The van der Waals surface area contributed by atoms with E-state index in [9.17, 15) is 4.79 Å². The standard InChI is InChI=1S/C13H14N6O/c1-8(20)19-5-4-9-6-10(2-3-12(9)19)17-18-11(7-14)13(15)16/h2-3,6,17H,4-5H2,1H3,(H3,15,16)/b18-11+. The van der Waals surface area contributed by atoms with Crippen LogP contribution in [0.1, 0.15) is 12.5 Å². The number of hydrogen-bond donors (Lipinski definition) is 3. The monoisotopic (exact) mass is 270 g/mol. The van der Waals surface area contributed by atoms with Crippen LogP contribution in [0, 0.1) is 16.7 Å². The molecule has 20 heavy (non-hydrogen) atoms. The van der Waals surface area contributed by atoms with Crippen LogP contribution in [0.25, 0.3) is 0 Å². The Morgan fingerprint density at radius 1 is 1.60 bits per heavy atom. The lowest BCUT2D eigenvalue weighted by atomic mass is 10.1. The van der Waals surface area contributed by atoms with E-state index >= 15 is 0 Å². The van der Waals surface area contributed by atoms with E-state index in [1.165, 1.54) is 6.92 Å². The summed E-state index contributed by atoms with van der Waals surface area (Å²) < 4.78 is 0. The molecule has 1 aromatic carbocycles. The maximum absolute atomic E-state index is 11.4. The lowest BCUT2D eigenvalue weighted by molar-refractivity contribution is -0.116. The van der Waals surface area contributed by atoms with E-state index in [1.807, 2.05) is 12.1 Å². The van der Waals surface area contributed by atoms with Crippen molar-refractivity contribution in [1.29, 1.82) is 10.7 Å². The van der Waals surface area contributed by atoms with Crippen LogP contribution in [0.2, 0.25) is 0 Å². The van der Waals surface area contributed by atoms with Crippen LogP contribution in [0.5, 0.6) is 0 Å². The molecule has 0 fully saturated rings. The van der Waals surface area contributed by atoms with Crippen LogP contribution in [0.3, 0.4) is 0 Å². The highest BCUT2D eigenvalue weighted by atomic mass is 16.2. The minimum atomic E-state index is -0.385. The first-order valence-corrected chi connectivity index (χ1v) is 6.02. The van der Waals surface area contributed by atoms with Crippen molar-refractivity contribution in [3.8, 4) is 6.07 Å². The molecule has 1 aliphatic heterocycles. The highest BCUT2D eigenvalue weighted by Crippen LogP contribution is 2.30. The molecule has 0 radical (unpaired) electrons. The fourth-order valence-electron chi connectivity index (χ4n) is 2.06. The molecule has 1 aliphatic rings. The first-order valence-electron chi connectivity index (χ1n) is 6.02. The van der Waals surface area contributed by atoms with Crippen molar-refractivity contribution in [2.75, 3.05) is 16.9 Å². The lowest BCUT2D eigenvalue weighted by Gasteiger charge is -2.14. The van der Waals surface area contributed by atoms with E-state index in [2.05, 4.69) is 10.5 Å². The summed E-state index contributed by atoms with van der Waals surface area (Å²) in [6.45, 7) is 2.21. The molecule has 7 nitrogen and oxygen atoms in total. The summed E-state index contributed by atoms with van der Waals surface area (Å²) in [6.07, 6.45) is 0.784. The summed E-state index contributed by atoms with van der Waals surface area (Å²) in [5.74, 6) is -0.366. The highest BCUT2D eigenvalue weighted by molar-refractivity contribution is 6.45. The second-order valence-corrected chi connectivity index (χ2v) is 4.36. The number of anilines is 2. The van der Waals surface area contributed by atoms with E-state index in [0.29, 0.717) is 12.2 Å². The van der Waals surface area contributed by atoms with Crippen LogP contribution >= 0.6 is 0 Å². The Kier molecular flexibility index (Phi) is 3.66. The van der Waals surface area contributed by atoms with Crippen molar-refractivity contribution in [3.63, 3.8) is 0 Å². The van der Waals surface area contributed by atoms with Gasteiger partial charge in [0, 0.05) is 19.2 Å². The average molecular weight is 270 g/mol. The van der Waals surface area contributed by atoms with Gasteiger partial charge in [0.1, 0.15) is 6.07 Å².